The zero-order valence-electron chi connectivity index (χ0n) is 14.2. The minimum Gasteiger partial charge on any atom is -0.463 e. The second-order valence-electron chi connectivity index (χ2n) is 5.92. The lowest BCUT2D eigenvalue weighted by Gasteiger charge is -2.33. The van der Waals surface area contributed by atoms with E-state index in [0.717, 1.165) is 37.3 Å². The molecule has 3 heterocycles. The minimum absolute atomic E-state index is 0.233. The number of carbonyl (C=O) groups is 1. The number of hydrogen-bond acceptors (Lipinski definition) is 7. The van der Waals surface area contributed by atoms with Gasteiger partial charge in [-0.3, -0.25) is 4.90 Å². The Morgan fingerprint density at radius 1 is 1.44 bits per heavy atom. The topological polar surface area (TPSA) is 75.1 Å². The van der Waals surface area contributed by atoms with Crippen LogP contribution in [0.4, 0.5) is 5.82 Å². The van der Waals surface area contributed by atoms with Crippen LogP contribution in [-0.2, 0) is 14.3 Å². The maximum absolute atomic E-state index is 12.2. The van der Waals surface area contributed by atoms with E-state index in [1.165, 1.54) is 0 Å². The molecule has 2 aliphatic heterocycles. The third kappa shape index (κ3) is 4.20. The van der Waals surface area contributed by atoms with Crippen LogP contribution in [-0.4, -0.2) is 67.0 Å². The highest BCUT2D eigenvalue weighted by atomic mass is 79.9. The second-order valence-corrected chi connectivity index (χ2v) is 6.84. The number of aromatic nitrogens is 1. The number of aliphatic hydroxyl groups excluding tert-OH is 1. The van der Waals surface area contributed by atoms with Crippen molar-refractivity contribution in [3.8, 4) is 0 Å². The van der Waals surface area contributed by atoms with Gasteiger partial charge in [-0.2, -0.15) is 0 Å². The molecule has 1 aromatic rings. The summed E-state index contributed by atoms with van der Waals surface area (Å²) in [5, 5.41) is 10.6. The lowest BCUT2D eigenvalue weighted by atomic mass is 9.99. The Balaban J connectivity index is 1.83. The van der Waals surface area contributed by atoms with Crippen molar-refractivity contribution in [3.63, 3.8) is 0 Å². The quantitative estimate of drug-likeness (QED) is 0.735. The van der Waals surface area contributed by atoms with Crippen molar-refractivity contribution in [1.82, 2.24) is 9.88 Å². The number of carbonyl (C=O) groups excluding carboxylic acids is 1. The predicted octanol–water partition coefficient (Wildman–Crippen LogP) is 1.48. The number of aliphatic hydroxyl groups is 1. The SMILES string of the molecule is CCOC(=O)C1=CN(CCN2CCOCC2)c2ncc(Br)cc2C1O. The monoisotopic (exact) mass is 411 g/mol. The fourth-order valence-corrected chi connectivity index (χ4v) is 3.33. The number of hydrogen-bond donors (Lipinski definition) is 1. The van der Waals surface area contributed by atoms with E-state index in [2.05, 4.69) is 25.8 Å². The van der Waals surface area contributed by atoms with Gasteiger partial charge in [0.25, 0.3) is 0 Å². The van der Waals surface area contributed by atoms with Crippen LogP contribution in [0, 0.1) is 0 Å². The van der Waals surface area contributed by atoms with E-state index in [1.54, 1.807) is 25.4 Å². The molecular weight excluding hydrogens is 390 g/mol. The molecule has 0 bridgehead atoms. The molecule has 25 heavy (non-hydrogen) atoms. The average Bonchev–Trinajstić information content (AvgIpc) is 2.62. The van der Waals surface area contributed by atoms with Gasteiger partial charge in [0, 0.05) is 48.6 Å². The number of nitrogens with zero attached hydrogens (tertiary/aromatic N) is 3. The summed E-state index contributed by atoms with van der Waals surface area (Å²) >= 11 is 3.38. The molecule has 7 nitrogen and oxygen atoms in total. The van der Waals surface area contributed by atoms with Crippen molar-refractivity contribution in [2.24, 2.45) is 0 Å². The summed E-state index contributed by atoms with van der Waals surface area (Å²) in [5.41, 5.74) is 0.832. The van der Waals surface area contributed by atoms with E-state index in [0.29, 0.717) is 17.9 Å². The number of esters is 1. The van der Waals surface area contributed by atoms with Crippen LogP contribution in [0.1, 0.15) is 18.6 Å². The van der Waals surface area contributed by atoms with Crippen molar-refractivity contribution < 1.29 is 19.4 Å². The highest BCUT2D eigenvalue weighted by molar-refractivity contribution is 9.10. The summed E-state index contributed by atoms with van der Waals surface area (Å²) < 4.78 is 11.2. The molecule has 1 aromatic heterocycles. The van der Waals surface area contributed by atoms with Crippen LogP contribution in [0.2, 0.25) is 0 Å². The van der Waals surface area contributed by atoms with Crippen molar-refractivity contribution in [2.45, 2.75) is 13.0 Å². The summed E-state index contributed by atoms with van der Waals surface area (Å²) in [6.07, 6.45) is 2.31. The average molecular weight is 412 g/mol. The van der Waals surface area contributed by atoms with Gasteiger partial charge in [0.1, 0.15) is 11.9 Å². The van der Waals surface area contributed by atoms with Gasteiger partial charge >= 0.3 is 5.97 Å². The van der Waals surface area contributed by atoms with Crippen molar-refractivity contribution in [3.05, 3.63) is 34.1 Å². The summed E-state index contributed by atoms with van der Waals surface area (Å²) in [5.74, 6) is 0.161. The van der Waals surface area contributed by atoms with Gasteiger partial charge in [-0.15, -0.1) is 0 Å². The number of anilines is 1. The van der Waals surface area contributed by atoms with E-state index >= 15 is 0 Å². The summed E-state index contributed by atoms with van der Waals surface area (Å²) in [4.78, 5) is 20.9. The fraction of sp³-hybridized carbons (Fsp3) is 0.529. The van der Waals surface area contributed by atoms with Gasteiger partial charge in [-0.05, 0) is 28.9 Å². The molecule has 0 radical (unpaired) electrons. The van der Waals surface area contributed by atoms with Crippen LogP contribution in [0.3, 0.4) is 0 Å². The zero-order valence-corrected chi connectivity index (χ0v) is 15.7. The molecule has 1 unspecified atom stereocenters. The van der Waals surface area contributed by atoms with Crippen molar-refractivity contribution in [1.29, 1.82) is 0 Å². The fourth-order valence-electron chi connectivity index (χ4n) is 2.98. The third-order valence-corrected chi connectivity index (χ3v) is 4.72. The summed E-state index contributed by atoms with van der Waals surface area (Å²) in [6.45, 7) is 6.77. The predicted molar refractivity (Wildman–Crippen MR) is 96.2 cm³/mol. The molecule has 3 rings (SSSR count). The Hall–Kier alpha value is -1.48. The number of pyridine rings is 1. The Morgan fingerprint density at radius 3 is 2.92 bits per heavy atom. The summed E-state index contributed by atoms with van der Waals surface area (Å²) in [7, 11) is 0. The zero-order chi connectivity index (χ0) is 17.8. The Morgan fingerprint density at radius 2 is 2.20 bits per heavy atom. The van der Waals surface area contributed by atoms with Crippen LogP contribution in [0.5, 0.6) is 0 Å². The van der Waals surface area contributed by atoms with E-state index in [4.69, 9.17) is 9.47 Å². The standard InChI is InChI=1S/C17H22BrN3O4/c1-2-25-17(23)14-11-21(4-3-20-5-7-24-8-6-20)16-13(15(14)22)9-12(18)10-19-16/h9-11,15,22H,2-8H2,1H3. The first-order chi connectivity index (χ1) is 12.1. The molecule has 0 aliphatic carbocycles. The van der Waals surface area contributed by atoms with Crippen LogP contribution in [0.15, 0.2) is 28.5 Å². The Kier molecular flexibility index (Phi) is 6.06. The highest BCUT2D eigenvalue weighted by Crippen LogP contribution is 2.36. The molecule has 8 heteroatoms. The first-order valence-electron chi connectivity index (χ1n) is 8.39. The van der Waals surface area contributed by atoms with E-state index in [1.807, 2.05) is 4.90 Å². The lowest BCUT2D eigenvalue weighted by Crippen LogP contribution is -2.41. The smallest absolute Gasteiger partial charge is 0.338 e. The van der Waals surface area contributed by atoms with Crippen LogP contribution in [0.25, 0.3) is 0 Å². The largest absolute Gasteiger partial charge is 0.463 e. The highest BCUT2D eigenvalue weighted by Gasteiger charge is 2.32. The van der Waals surface area contributed by atoms with Crippen molar-refractivity contribution >= 4 is 27.7 Å². The van der Waals surface area contributed by atoms with Gasteiger partial charge in [0.05, 0.1) is 25.4 Å². The minimum atomic E-state index is -1.04. The number of halogens is 1. The first-order valence-corrected chi connectivity index (χ1v) is 9.18. The van der Waals surface area contributed by atoms with Gasteiger partial charge in [-0.1, -0.05) is 0 Å². The van der Waals surface area contributed by atoms with E-state index < -0.39 is 12.1 Å². The van der Waals surface area contributed by atoms with E-state index in [-0.39, 0.29) is 12.2 Å². The number of ether oxygens (including phenoxy) is 2. The maximum Gasteiger partial charge on any atom is 0.338 e. The molecule has 0 aromatic carbocycles. The molecule has 1 saturated heterocycles. The van der Waals surface area contributed by atoms with Crippen LogP contribution < -0.4 is 4.90 Å². The van der Waals surface area contributed by atoms with Crippen LogP contribution >= 0.6 is 15.9 Å². The van der Waals surface area contributed by atoms with E-state index in [9.17, 15) is 9.90 Å². The Labute approximate surface area is 155 Å². The molecule has 0 amide bonds. The number of morpholine rings is 1. The van der Waals surface area contributed by atoms with Crippen molar-refractivity contribution in [2.75, 3.05) is 50.9 Å². The maximum atomic E-state index is 12.2. The Bertz CT molecular complexity index is 661. The molecule has 1 atom stereocenters. The number of rotatable bonds is 5. The lowest BCUT2D eigenvalue weighted by molar-refractivity contribution is -0.139. The first kappa shape index (κ1) is 18.3. The molecule has 2 aliphatic rings. The molecule has 0 saturated carbocycles. The second kappa shape index (κ2) is 8.27. The molecule has 0 spiro atoms. The van der Waals surface area contributed by atoms with Gasteiger partial charge in [0.2, 0.25) is 0 Å². The number of fused-ring (bicyclic) bond motifs is 1. The van der Waals surface area contributed by atoms with Gasteiger partial charge in [0.15, 0.2) is 0 Å². The molecule has 1 N–H and O–H groups in total. The third-order valence-electron chi connectivity index (χ3n) is 4.29. The molecular formula is C17H22BrN3O4. The van der Waals surface area contributed by atoms with Gasteiger partial charge < -0.3 is 19.5 Å². The normalized spacial score (nSPS) is 20.8. The summed E-state index contributed by atoms with van der Waals surface area (Å²) in [6, 6.07) is 1.79. The molecule has 136 valence electrons. The molecule has 1 fully saturated rings. The van der Waals surface area contributed by atoms with Gasteiger partial charge in [-0.25, -0.2) is 9.78 Å².